The van der Waals surface area contributed by atoms with Crippen LogP contribution in [0.5, 0.6) is 0 Å². The lowest BCUT2D eigenvalue weighted by molar-refractivity contribution is 0.271. The summed E-state index contributed by atoms with van der Waals surface area (Å²) >= 11 is 0.804. The van der Waals surface area contributed by atoms with Crippen molar-refractivity contribution in [2.45, 2.75) is 16.7 Å². The minimum Gasteiger partial charge on any atom is -0.390 e. The first-order valence-electron chi connectivity index (χ1n) is 5.25. The van der Waals surface area contributed by atoms with E-state index in [4.69, 9.17) is 10.4 Å². The van der Waals surface area contributed by atoms with Crippen LogP contribution >= 0.6 is 11.8 Å². The van der Waals surface area contributed by atoms with Crippen LogP contribution in [0.2, 0.25) is 0 Å². The van der Waals surface area contributed by atoms with Crippen LogP contribution in [0, 0.1) is 23.0 Å². The van der Waals surface area contributed by atoms with Crippen LogP contribution in [0.15, 0.2) is 28.4 Å². The maximum Gasteiger partial charge on any atom is 0.173 e. The fourth-order valence-corrected chi connectivity index (χ4v) is 2.34. The third-order valence-corrected chi connectivity index (χ3v) is 3.68. The van der Waals surface area contributed by atoms with Gasteiger partial charge in [0, 0.05) is 7.05 Å². The summed E-state index contributed by atoms with van der Waals surface area (Å²) in [6, 6.07) is 3.63. The topological polar surface area (TPSA) is 61.8 Å². The highest BCUT2D eigenvalue weighted by Crippen LogP contribution is 2.32. The van der Waals surface area contributed by atoms with Crippen LogP contribution < -0.4 is 0 Å². The zero-order valence-electron chi connectivity index (χ0n) is 9.89. The number of imidazole rings is 1. The molecule has 1 aromatic heterocycles. The van der Waals surface area contributed by atoms with Crippen molar-refractivity contribution in [3.05, 3.63) is 41.2 Å². The molecule has 0 atom stereocenters. The number of aromatic nitrogens is 2. The third kappa shape index (κ3) is 2.59. The molecule has 0 saturated heterocycles. The van der Waals surface area contributed by atoms with E-state index >= 15 is 0 Å². The molecule has 0 aliphatic rings. The first kappa shape index (κ1) is 13.5. The second-order valence-electron chi connectivity index (χ2n) is 3.73. The first-order valence-corrected chi connectivity index (χ1v) is 6.07. The van der Waals surface area contributed by atoms with Gasteiger partial charge in [0.15, 0.2) is 5.16 Å². The number of hydrogen-bond donors (Lipinski definition) is 1. The van der Waals surface area contributed by atoms with Gasteiger partial charge in [-0.25, -0.2) is 13.8 Å². The van der Waals surface area contributed by atoms with Crippen molar-refractivity contribution < 1.29 is 13.9 Å². The van der Waals surface area contributed by atoms with Crippen LogP contribution in [0.4, 0.5) is 8.78 Å². The molecule has 4 nitrogen and oxygen atoms in total. The van der Waals surface area contributed by atoms with Gasteiger partial charge in [-0.1, -0.05) is 0 Å². The summed E-state index contributed by atoms with van der Waals surface area (Å²) in [6.45, 7) is -0.206. The lowest BCUT2D eigenvalue weighted by Crippen LogP contribution is -1.98. The predicted octanol–water partition coefficient (Wildman–Crippen LogP) is 2.21. The molecule has 0 unspecified atom stereocenters. The number of hydrogen-bond acceptors (Lipinski definition) is 4. The van der Waals surface area contributed by atoms with Crippen LogP contribution in [0.1, 0.15) is 11.3 Å². The Morgan fingerprint density at radius 3 is 2.53 bits per heavy atom. The molecule has 0 fully saturated rings. The summed E-state index contributed by atoms with van der Waals surface area (Å²) in [5.41, 5.74) is 0.465. The second kappa shape index (κ2) is 5.38. The Hall–Kier alpha value is -1.91. The zero-order valence-corrected chi connectivity index (χ0v) is 10.7. The molecule has 1 heterocycles. The number of aliphatic hydroxyl groups is 1. The molecule has 1 aromatic carbocycles. The molecule has 0 amide bonds. The molecule has 98 valence electrons. The van der Waals surface area contributed by atoms with Crippen molar-refractivity contribution in [3.8, 4) is 6.07 Å². The van der Waals surface area contributed by atoms with E-state index in [1.54, 1.807) is 17.7 Å². The van der Waals surface area contributed by atoms with Crippen LogP contribution in [0.3, 0.4) is 0 Å². The van der Waals surface area contributed by atoms with Crippen LogP contribution in [-0.2, 0) is 13.7 Å². The summed E-state index contributed by atoms with van der Waals surface area (Å²) < 4.78 is 29.0. The molecule has 0 spiro atoms. The molecule has 19 heavy (non-hydrogen) atoms. The highest BCUT2D eigenvalue weighted by molar-refractivity contribution is 7.99. The van der Waals surface area contributed by atoms with E-state index in [1.165, 1.54) is 6.20 Å². The Morgan fingerprint density at radius 2 is 2.05 bits per heavy atom. The van der Waals surface area contributed by atoms with E-state index in [2.05, 4.69) is 4.98 Å². The van der Waals surface area contributed by atoms with Crippen molar-refractivity contribution >= 4 is 11.8 Å². The van der Waals surface area contributed by atoms with Crippen molar-refractivity contribution in [1.82, 2.24) is 9.55 Å². The van der Waals surface area contributed by atoms with E-state index in [0.717, 1.165) is 23.9 Å². The average molecular weight is 281 g/mol. The molecule has 2 rings (SSSR count). The summed E-state index contributed by atoms with van der Waals surface area (Å²) in [5.74, 6) is -1.62. The van der Waals surface area contributed by atoms with Gasteiger partial charge in [0.25, 0.3) is 0 Å². The van der Waals surface area contributed by atoms with Crippen molar-refractivity contribution in [1.29, 1.82) is 5.26 Å². The third-order valence-electron chi connectivity index (χ3n) is 2.52. The van der Waals surface area contributed by atoms with Crippen LogP contribution in [-0.4, -0.2) is 14.7 Å². The summed E-state index contributed by atoms with van der Waals surface area (Å²) in [5, 5.41) is 18.0. The van der Waals surface area contributed by atoms with E-state index in [9.17, 15) is 8.78 Å². The number of nitriles is 1. The van der Waals surface area contributed by atoms with Gasteiger partial charge in [-0.2, -0.15) is 5.26 Å². The zero-order chi connectivity index (χ0) is 14.0. The lowest BCUT2D eigenvalue weighted by atomic mass is 10.2. The molecule has 0 radical (unpaired) electrons. The molecular weight excluding hydrogens is 272 g/mol. The summed E-state index contributed by atoms with van der Waals surface area (Å²) in [7, 11) is 1.64. The van der Waals surface area contributed by atoms with E-state index in [1.807, 2.05) is 0 Å². The van der Waals surface area contributed by atoms with E-state index in [-0.39, 0.29) is 17.1 Å². The molecule has 0 aliphatic carbocycles. The Labute approximate surface area is 112 Å². The van der Waals surface area contributed by atoms with Gasteiger partial charge in [-0.3, -0.25) is 0 Å². The highest BCUT2D eigenvalue weighted by Gasteiger charge is 2.16. The van der Waals surface area contributed by atoms with Gasteiger partial charge < -0.3 is 9.67 Å². The van der Waals surface area contributed by atoms with Crippen molar-refractivity contribution in [3.63, 3.8) is 0 Å². The first-order chi connectivity index (χ1) is 9.06. The number of halogens is 2. The maximum atomic E-state index is 13.7. The van der Waals surface area contributed by atoms with E-state index in [0.29, 0.717) is 10.9 Å². The van der Waals surface area contributed by atoms with Crippen molar-refractivity contribution in [2.75, 3.05) is 0 Å². The second-order valence-corrected chi connectivity index (χ2v) is 4.71. The number of rotatable bonds is 3. The van der Waals surface area contributed by atoms with Gasteiger partial charge in [0.2, 0.25) is 0 Å². The van der Waals surface area contributed by atoms with Gasteiger partial charge in [0.1, 0.15) is 11.6 Å². The average Bonchev–Trinajstić information content (AvgIpc) is 2.74. The monoisotopic (exact) mass is 281 g/mol. The quantitative estimate of drug-likeness (QED) is 0.937. The van der Waals surface area contributed by atoms with Gasteiger partial charge in [-0.15, -0.1) is 0 Å². The number of benzene rings is 1. The molecule has 0 aliphatic heterocycles. The molecule has 0 bridgehead atoms. The minimum atomic E-state index is -0.810. The molecular formula is C12H9F2N3OS. The number of aliphatic hydroxyl groups excluding tert-OH is 1. The standard InChI is InChI=1S/C12H9F2N3OS/c1-17-8(6-18)5-16-12(17)19-11-9(13)2-7(4-15)3-10(11)14/h2-3,5,18H,6H2,1H3. The lowest BCUT2D eigenvalue weighted by Gasteiger charge is -2.06. The van der Waals surface area contributed by atoms with Gasteiger partial charge >= 0.3 is 0 Å². The number of nitrogens with zero attached hydrogens (tertiary/aromatic N) is 3. The predicted molar refractivity (Wildman–Crippen MR) is 64.3 cm³/mol. The Balaban J connectivity index is 2.39. The Kier molecular flexibility index (Phi) is 3.83. The molecule has 7 heteroatoms. The Morgan fingerprint density at radius 1 is 1.42 bits per heavy atom. The SMILES string of the molecule is Cn1c(CO)cnc1Sc1c(F)cc(C#N)cc1F. The summed E-state index contributed by atoms with van der Waals surface area (Å²) in [6.07, 6.45) is 1.43. The molecule has 1 N–H and O–H groups in total. The van der Waals surface area contributed by atoms with Gasteiger partial charge in [-0.05, 0) is 23.9 Å². The largest absolute Gasteiger partial charge is 0.390 e. The highest BCUT2D eigenvalue weighted by atomic mass is 32.2. The molecule has 0 saturated carbocycles. The summed E-state index contributed by atoms with van der Waals surface area (Å²) in [4.78, 5) is 3.75. The van der Waals surface area contributed by atoms with E-state index < -0.39 is 11.6 Å². The smallest absolute Gasteiger partial charge is 0.173 e. The van der Waals surface area contributed by atoms with Crippen LogP contribution in [0.25, 0.3) is 0 Å². The molecule has 2 aromatic rings. The Bertz CT molecular complexity index is 640. The van der Waals surface area contributed by atoms with Crippen molar-refractivity contribution in [2.24, 2.45) is 7.05 Å². The fraction of sp³-hybridized carbons (Fsp3) is 0.167. The maximum absolute atomic E-state index is 13.7. The normalized spacial score (nSPS) is 10.5. The minimum absolute atomic E-state index is 0.0739. The fourth-order valence-electron chi connectivity index (χ4n) is 1.48. The van der Waals surface area contributed by atoms with Gasteiger partial charge in [0.05, 0.1) is 35.0 Å².